The first kappa shape index (κ1) is 12.6. The number of para-hydroxylation sites is 1. The van der Waals surface area contributed by atoms with Crippen LogP contribution in [0.3, 0.4) is 0 Å². The number of thioether (sulfide) groups is 1. The van der Waals surface area contributed by atoms with Crippen molar-refractivity contribution in [3.63, 3.8) is 0 Å². The Labute approximate surface area is 109 Å². The molecule has 2 aromatic rings. The van der Waals surface area contributed by atoms with E-state index >= 15 is 0 Å². The molecule has 0 atom stereocenters. The van der Waals surface area contributed by atoms with E-state index in [1.807, 2.05) is 6.07 Å². The summed E-state index contributed by atoms with van der Waals surface area (Å²) in [4.78, 5) is 12.0. The van der Waals surface area contributed by atoms with E-state index in [4.69, 9.17) is 9.15 Å². The van der Waals surface area contributed by atoms with Gasteiger partial charge in [-0.1, -0.05) is 23.9 Å². The number of hydrogen-bond acceptors (Lipinski definition) is 6. The van der Waals surface area contributed by atoms with Crippen molar-refractivity contribution in [1.82, 2.24) is 10.2 Å². The Morgan fingerprint density at radius 2 is 2.17 bits per heavy atom. The minimum absolute atomic E-state index is 0.0340. The molecule has 0 fully saturated rings. The molecule has 0 saturated heterocycles. The second-order valence-corrected chi connectivity index (χ2v) is 4.43. The lowest BCUT2D eigenvalue weighted by Gasteiger charge is -2.05. The van der Waals surface area contributed by atoms with Gasteiger partial charge in [-0.3, -0.25) is 4.79 Å². The summed E-state index contributed by atoms with van der Waals surface area (Å²) in [7, 11) is 1.54. The van der Waals surface area contributed by atoms with E-state index < -0.39 is 0 Å². The van der Waals surface area contributed by atoms with E-state index in [0.717, 1.165) is 0 Å². The van der Waals surface area contributed by atoms with Crippen LogP contribution in [0.2, 0.25) is 0 Å². The van der Waals surface area contributed by atoms with Gasteiger partial charge in [0.25, 0.3) is 5.22 Å². The Balaban J connectivity index is 2.03. The van der Waals surface area contributed by atoms with Crippen LogP contribution in [0.15, 0.2) is 33.9 Å². The van der Waals surface area contributed by atoms with E-state index in [-0.39, 0.29) is 11.5 Å². The van der Waals surface area contributed by atoms with Crippen LogP contribution in [0.4, 0.5) is 0 Å². The zero-order valence-corrected chi connectivity index (χ0v) is 10.9. The van der Waals surface area contributed by atoms with Gasteiger partial charge in [0.1, 0.15) is 5.75 Å². The lowest BCUT2D eigenvalue weighted by atomic mass is 10.1. The largest absolute Gasteiger partial charge is 0.496 e. The fourth-order valence-electron chi connectivity index (χ4n) is 1.42. The molecule has 0 saturated carbocycles. The fraction of sp³-hybridized carbons (Fsp3) is 0.250. The number of nitrogens with zero attached hydrogens (tertiary/aromatic N) is 2. The van der Waals surface area contributed by atoms with E-state index in [2.05, 4.69) is 10.2 Å². The highest BCUT2D eigenvalue weighted by molar-refractivity contribution is 7.99. The Bertz CT molecular complexity index is 554. The zero-order chi connectivity index (χ0) is 13.0. The number of ether oxygens (including phenoxy) is 1. The topological polar surface area (TPSA) is 65.2 Å². The van der Waals surface area contributed by atoms with Gasteiger partial charge in [0.05, 0.1) is 18.4 Å². The maximum atomic E-state index is 12.0. The maximum Gasteiger partial charge on any atom is 0.277 e. The lowest BCUT2D eigenvalue weighted by Crippen LogP contribution is -2.04. The summed E-state index contributed by atoms with van der Waals surface area (Å²) in [6.45, 7) is 1.71. The van der Waals surface area contributed by atoms with Gasteiger partial charge in [-0.25, -0.2) is 0 Å². The Morgan fingerprint density at radius 3 is 2.83 bits per heavy atom. The zero-order valence-electron chi connectivity index (χ0n) is 10.0. The van der Waals surface area contributed by atoms with Gasteiger partial charge in [0.2, 0.25) is 5.89 Å². The summed E-state index contributed by atoms with van der Waals surface area (Å²) < 4.78 is 10.3. The molecule has 94 valence electrons. The third kappa shape index (κ3) is 2.89. The van der Waals surface area contributed by atoms with Gasteiger partial charge in [-0.15, -0.1) is 10.2 Å². The van der Waals surface area contributed by atoms with Gasteiger partial charge in [-0.2, -0.15) is 0 Å². The number of hydrogen-bond donors (Lipinski definition) is 0. The van der Waals surface area contributed by atoms with Crippen molar-refractivity contribution in [2.24, 2.45) is 0 Å². The van der Waals surface area contributed by atoms with Crippen LogP contribution < -0.4 is 4.74 Å². The molecular formula is C12H12N2O3S. The van der Waals surface area contributed by atoms with Gasteiger partial charge < -0.3 is 9.15 Å². The highest BCUT2D eigenvalue weighted by Gasteiger charge is 2.13. The number of rotatable bonds is 5. The number of Topliss-reactive ketones (excluding diaryl/α,β-unsaturated/α-hetero) is 1. The van der Waals surface area contributed by atoms with Crippen LogP contribution in [0.1, 0.15) is 16.2 Å². The van der Waals surface area contributed by atoms with Gasteiger partial charge >= 0.3 is 0 Å². The van der Waals surface area contributed by atoms with Crippen molar-refractivity contribution in [3.05, 3.63) is 35.7 Å². The molecule has 1 aromatic carbocycles. The lowest BCUT2D eigenvalue weighted by molar-refractivity contribution is 0.101. The van der Waals surface area contributed by atoms with Crippen LogP contribution in [0.5, 0.6) is 5.75 Å². The van der Waals surface area contributed by atoms with Crippen LogP contribution in [-0.4, -0.2) is 28.8 Å². The first-order valence-corrected chi connectivity index (χ1v) is 6.28. The molecule has 0 amide bonds. The smallest absolute Gasteiger partial charge is 0.277 e. The van der Waals surface area contributed by atoms with Crippen molar-refractivity contribution in [2.75, 3.05) is 12.9 Å². The summed E-state index contributed by atoms with van der Waals surface area (Å²) in [5.41, 5.74) is 0.559. The number of ketones is 1. The highest BCUT2D eigenvalue weighted by atomic mass is 32.2. The third-order valence-electron chi connectivity index (χ3n) is 2.24. The van der Waals surface area contributed by atoms with E-state index in [0.29, 0.717) is 22.4 Å². The number of carbonyl (C=O) groups excluding carboxylic acids is 1. The Hall–Kier alpha value is -1.82. The molecule has 18 heavy (non-hydrogen) atoms. The molecule has 2 rings (SSSR count). The second kappa shape index (κ2) is 5.68. The summed E-state index contributed by atoms with van der Waals surface area (Å²) in [6.07, 6.45) is 0. The van der Waals surface area contributed by atoms with Gasteiger partial charge in [0, 0.05) is 6.92 Å². The van der Waals surface area contributed by atoms with Crippen molar-refractivity contribution in [2.45, 2.75) is 12.1 Å². The summed E-state index contributed by atoms with van der Waals surface area (Å²) in [5.74, 6) is 1.27. The molecule has 0 unspecified atom stereocenters. The van der Waals surface area contributed by atoms with Crippen LogP contribution in [0, 0.1) is 6.92 Å². The molecule has 5 nitrogen and oxygen atoms in total. The van der Waals surface area contributed by atoms with Crippen LogP contribution in [-0.2, 0) is 0 Å². The summed E-state index contributed by atoms with van der Waals surface area (Å²) in [6, 6.07) is 7.12. The number of methoxy groups -OCH3 is 1. The molecule has 0 bridgehead atoms. The first-order chi connectivity index (χ1) is 8.70. The highest BCUT2D eigenvalue weighted by Crippen LogP contribution is 2.22. The number of aromatic nitrogens is 2. The standard InChI is InChI=1S/C12H12N2O3S/c1-8-13-14-12(17-8)18-7-10(15)9-5-3-4-6-11(9)16-2/h3-6H,7H2,1-2H3. The van der Waals surface area contributed by atoms with Crippen LogP contribution in [0.25, 0.3) is 0 Å². The number of benzene rings is 1. The molecule has 1 aromatic heterocycles. The van der Waals surface area contributed by atoms with Crippen LogP contribution >= 0.6 is 11.8 Å². The molecule has 1 heterocycles. The molecule has 6 heteroatoms. The Kier molecular flexibility index (Phi) is 3.99. The minimum atomic E-state index is -0.0340. The molecular weight excluding hydrogens is 252 g/mol. The molecule has 0 spiro atoms. The predicted molar refractivity (Wildman–Crippen MR) is 67.1 cm³/mol. The van der Waals surface area contributed by atoms with Gasteiger partial charge in [0.15, 0.2) is 5.78 Å². The molecule has 0 N–H and O–H groups in total. The van der Waals surface area contributed by atoms with Gasteiger partial charge in [-0.05, 0) is 12.1 Å². The SMILES string of the molecule is COc1ccccc1C(=O)CSc1nnc(C)o1. The van der Waals surface area contributed by atoms with Crippen molar-refractivity contribution in [1.29, 1.82) is 0 Å². The van der Waals surface area contributed by atoms with E-state index in [9.17, 15) is 4.79 Å². The second-order valence-electron chi connectivity index (χ2n) is 3.50. The first-order valence-electron chi connectivity index (χ1n) is 5.30. The molecule has 0 aliphatic carbocycles. The average Bonchev–Trinajstić information content (AvgIpc) is 2.81. The maximum absolute atomic E-state index is 12.0. The van der Waals surface area contributed by atoms with E-state index in [1.165, 1.54) is 11.8 Å². The predicted octanol–water partition coefficient (Wildman–Crippen LogP) is 2.36. The average molecular weight is 264 g/mol. The number of carbonyl (C=O) groups is 1. The Morgan fingerprint density at radius 1 is 1.39 bits per heavy atom. The summed E-state index contributed by atoms with van der Waals surface area (Å²) >= 11 is 1.22. The minimum Gasteiger partial charge on any atom is -0.496 e. The van der Waals surface area contributed by atoms with E-state index in [1.54, 1.807) is 32.2 Å². The molecule has 0 aliphatic rings. The van der Waals surface area contributed by atoms with Crippen molar-refractivity contribution < 1.29 is 13.9 Å². The number of aryl methyl sites for hydroxylation is 1. The normalized spacial score (nSPS) is 10.3. The fourth-order valence-corrected chi connectivity index (χ4v) is 2.10. The summed E-state index contributed by atoms with van der Waals surface area (Å²) in [5, 5.41) is 7.91. The quantitative estimate of drug-likeness (QED) is 0.610. The van der Waals surface area contributed by atoms with Crippen molar-refractivity contribution >= 4 is 17.5 Å². The third-order valence-corrected chi connectivity index (χ3v) is 3.06. The molecule has 0 radical (unpaired) electrons. The monoisotopic (exact) mass is 264 g/mol. The molecule has 0 aliphatic heterocycles. The van der Waals surface area contributed by atoms with Crippen molar-refractivity contribution in [3.8, 4) is 5.75 Å².